The second-order valence-electron chi connectivity index (χ2n) is 14.9. The Labute approximate surface area is 313 Å². The summed E-state index contributed by atoms with van der Waals surface area (Å²) in [6.45, 7) is 4.82. The molecule has 4 N–H and O–H groups in total. The number of hydrogen-bond donors (Lipinski definition) is 3. The Hall–Kier alpha value is -5.44. The summed E-state index contributed by atoms with van der Waals surface area (Å²) in [5.74, 6) is -1.99. The maximum Gasteiger partial charge on any atom is 0.269 e. The summed E-state index contributed by atoms with van der Waals surface area (Å²) in [6.07, 6.45) is -0.782. The van der Waals surface area contributed by atoms with Crippen LogP contribution >= 0.6 is 0 Å². The molecule has 4 aromatic carbocycles. The Morgan fingerprint density at radius 2 is 1.78 bits per heavy atom. The third-order valence-corrected chi connectivity index (χ3v) is 13.6. The number of ether oxygens (including phenoxy) is 1. The van der Waals surface area contributed by atoms with Crippen LogP contribution in [0.2, 0.25) is 18.6 Å². The molecule has 1 saturated heterocycles. The third kappa shape index (κ3) is 6.54. The number of nitrogen functional groups attached to an aromatic ring is 1. The van der Waals surface area contributed by atoms with Gasteiger partial charge in [-0.25, -0.2) is 0 Å². The van der Waals surface area contributed by atoms with Gasteiger partial charge in [0.25, 0.3) is 17.5 Å². The average Bonchev–Trinajstić information content (AvgIpc) is 3.56. The van der Waals surface area contributed by atoms with Gasteiger partial charge in [0.15, 0.2) is 5.60 Å². The number of carbonyl (C=O) groups excluding carboxylic acids is 3. The van der Waals surface area contributed by atoms with Crippen molar-refractivity contribution in [3.05, 3.63) is 129 Å². The predicted molar refractivity (Wildman–Crippen MR) is 204 cm³/mol. The summed E-state index contributed by atoms with van der Waals surface area (Å²) in [6, 6.07) is 24.8. The van der Waals surface area contributed by atoms with E-state index in [1.165, 1.54) is 36.2 Å². The number of benzene rings is 4. The van der Waals surface area contributed by atoms with E-state index in [9.17, 15) is 29.6 Å². The highest BCUT2D eigenvalue weighted by Crippen LogP contribution is 2.60. The molecule has 14 heteroatoms. The average molecular weight is 752 g/mol. The number of nitrogens with one attached hydrogen (secondary N) is 1. The lowest BCUT2D eigenvalue weighted by Crippen LogP contribution is -2.48. The SMILES string of the molecule is C[C@H]1[C@H]([Si](C)(C)F)[C@@H](CC(=O)N2Cc3ccccc3C[C@H]2CO)O[C@]12C(=O)N(Cc1cccc(NC(=O)c3ccc(N)cc3)c1)c1ccc([N+](=O)[O-])cc12. The Balaban J connectivity index is 1.21. The number of hydrogen-bond acceptors (Lipinski definition) is 8. The van der Waals surface area contributed by atoms with Crippen LogP contribution in [0.15, 0.2) is 91.0 Å². The van der Waals surface area contributed by atoms with Crippen molar-refractivity contribution >= 4 is 48.9 Å². The van der Waals surface area contributed by atoms with Gasteiger partial charge < -0.3 is 34.8 Å². The van der Waals surface area contributed by atoms with Crippen molar-refractivity contribution in [2.24, 2.45) is 5.92 Å². The van der Waals surface area contributed by atoms with E-state index >= 15 is 4.11 Å². The number of rotatable bonds is 9. The van der Waals surface area contributed by atoms with E-state index in [2.05, 4.69) is 5.32 Å². The van der Waals surface area contributed by atoms with Crippen LogP contribution in [0, 0.1) is 16.0 Å². The molecule has 0 unspecified atom stereocenters. The number of amides is 3. The number of nitrogens with zero attached hydrogens (tertiary/aromatic N) is 3. The summed E-state index contributed by atoms with van der Waals surface area (Å²) < 4.78 is 23.3. The van der Waals surface area contributed by atoms with E-state index in [1.54, 1.807) is 60.4 Å². The van der Waals surface area contributed by atoms with Crippen LogP contribution in [0.25, 0.3) is 0 Å². The van der Waals surface area contributed by atoms with E-state index in [0.717, 1.165) is 11.1 Å². The highest BCUT2D eigenvalue weighted by atomic mass is 28.4. The van der Waals surface area contributed by atoms with Crippen molar-refractivity contribution in [1.82, 2.24) is 4.90 Å². The lowest BCUT2D eigenvalue weighted by molar-refractivity contribution is -0.385. The van der Waals surface area contributed by atoms with E-state index in [1.807, 2.05) is 24.3 Å². The highest BCUT2D eigenvalue weighted by Gasteiger charge is 2.67. The number of nitrogens with two attached hydrogens (primary N) is 1. The first kappa shape index (κ1) is 36.9. The number of fused-ring (bicyclic) bond motifs is 3. The maximum absolute atomic E-state index is 16.5. The highest BCUT2D eigenvalue weighted by molar-refractivity contribution is 6.72. The quantitative estimate of drug-likeness (QED) is 0.0608. The molecule has 1 spiro atoms. The largest absolute Gasteiger partial charge is 0.399 e. The summed E-state index contributed by atoms with van der Waals surface area (Å²) >= 11 is 0. The number of nitro benzene ring substituents is 1. The minimum Gasteiger partial charge on any atom is -0.399 e. The number of aliphatic hydroxyl groups excluding tert-OH is 1. The smallest absolute Gasteiger partial charge is 0.269 e. The van der Waals surface area contributed by atoms with Gasteiger partial charge >= 0.3 is 0 Å². The molecule has 7 rings (SSSR count). The predicted octanol–water partition coefficient (Wildman–Crippen LogP) is 6.09. The van der Waals surface area contributed by atoms with Crippen LogP contribution in [0.5, 0.6) is 0 Å². The zero-order chi connectivity index (χ0) is 38.5. The van der Waals surface area contributed by atoms with Crippen LogP contribution in [0.3, 0.4) is 0 Å². The molecule has 0 aliphatic carbocycles. The molecule has 280 valence electrons. The molecule has 0 aromatic heterocycles. The van der Waals surface area contributed by atoms with Gasteiger partial charge in [-0.15, -0.1) is 0 Å². The minimum atomic E-state index is -3.68. The summed E-state index contributed by atoms with van der Waals surface area (Å²) in [5.41, 5.74) is 7.58. The summed E-state index contributed by atoms with van der Waals surface area (Å²) in [4.78, 5) is 56.5. The molecule has 0 saturated carbocycles. The van der Waals surface area contributed by atoms with Crippen molar-refractivity contribution in [2.75, 3.05) is 22.6 Å². The van der Waals surface area contributed by atoms with Crippen LogP contribution in [-0.2, 0) is 39.4 Å². The van der Waals surface area contributed by atoms with Gasteiger partial charge in [0, 0.05) is 52.6 Å². The molecule has 3 aliphatic rings. The van der Waals surface area contributed by atoms with Gasteiger partial charge in [0.05, 0.1) is 42.3 Å². The number of nitro groups is 1. The van der Waals surface area contributed by atoms with Crippen LogP contribution < -0.4 is 16.0 Å². The number of non-ortho nitro benzene ring substituents is 1. The number of halogens is 1. The van der Waals surface area contributed by atoms with Gasteiger partial charge in [-0.1, -0.05) is 43.3 Å². The van der Waals surface area contributed by atoms with Crippen molar-refractivity contribution in [1.29, 1.82) is 0 Å². The van der Waals surface area contributed by atoms with E-state index in [4.69, 9.17) is 10.5 Å². The normalized spacial score (nSPS) is 23.3. The number of carbonyl (C=O) groups is 3. The van der Waals surface area contributed by atoms with Gasteiger partial charge in [0.2, 0.25) is 14.3 Å². The lowest BCUT2D eigenvalue weighted by atomic mass is 9.82. The summed E-state index contributed by atoms with van der Waals surface area (Å²) in [7, 11) is -3.68. The molecule has 4 aromatic rings. The standard InChI is InChI=1S/C40H42FN5O7Si/c1-24-37(54(2,3)41)35(20-36(48)44-22-28-9-5-4-8-27(28)18-32(44)23-47)53-40(24)33-19-31(46(51)52)15-16-34(33)45(39(40)50)21-25-7-6-10-30(17-25)43-38(49)26-11-13-29(42)14-12-26/h4-17,19,24,32,35,37,47H,18,20-23,42H2,1-3H3,(H,43,49)/t24-,32-,35+,37-,40+/m0/s1. The van der Waals surface area contributed by atoms with Gasteiger partial charge in [-0.05, 0) is 78.7 Å². The molecule has 0 radical (unpaired) electrons. The molecular formula is C40H42FN5O7Si. The molecule has 12 nitrogen and oxygen atoms in total. The van der Waals surface area contributed by atoms with Crippen molar-refractivity contribution in [3.8, 4) is 0 Å². The molecule has 3 heterocycles. The maximum atomic E-state index is 16.5. The van der Waals surface area contributed by atoms with Gasteiger partial charge in [0.1, 0.15) is 0 Å². The first-order chi connectivity index (χ1) is 25.7. The Morgan fingerprint density at radius 3 is 2.46 bits per heavy atom. The van der Waals surface area contributed by atoms with E-state index < -0.39 is 48.4 Å². The zero-order valence-electron chi connectivity index (χ0n) is 30.2. The van der Waals surface area contributed by atoms with Crippen molar-refractivity contribution in [2.45, 2.75) is 69.2 Å². The molecule has 1 fully saturated rings. The Morgan fingerprint density at radius 1 is 1.06 bits per heavy atom. The van der Waals surface area contributed by atoms with E-state index in [0.29, 0.717) is 34.6 Å². The fourth-order valence-electron chi connectivity index (χ4n) is 8.61. The van der Waals surface area contributed by atoms with Gasteiger partial charge in [-0.2, -0.15) is 0 Å². The minimum absolute atomic E-state index is 0.0170. The molecule has 5 atom stereocenters. The molecule has 0 bridgehead atoms. The third-order valence-electron chi connectivity index (χ3n) is 11.1. The first-order valence-electron chi connectivity index (χ1n) is 17.9. The van der Waals surface area contributed by atoms with E-state index in [-0.39, 0.29) is 49.2 Å². The van der Waals surface area contributed by atoms with Crippen LogP contribution in [0.1, 0.15) is 46.0 Å². The molecule has 3 aliphatic heterocycles. The van der Waals surface area contributed by atoms with Crippen LogP contribution in [0.4, 0.5) is 26.9 Å². The second kappa shape index (κ2) is 14.1. The topological polar surface area (TPSA) is 168 Å². The Bertz CT molecular complexity index is 2140. The second-order valence-corrected chi connectivity index (χ2v) is 18.7. The van der Waals surface area contributed by atoms with Crippen LogP contribution in [-0.4, -0.2) is 59.8 Å². The fraction of sp³-hybridized carbons (Fsp3) is 0.325. The molecule has 3 amide bonds. The molecular weight excluding hydrogens is 710 g/mol. The lowest BCUT2D eigenvalue weighted by Gasteiger charge is -2.37. The first-order valence-corrected chi connectivity index (χ1v) is 20.9. The zero-order valence-corrected chi connectivity index (χ0v) is 31.2. The Kier molecular flexibility index (Phi) is 9.62. The fourth-order valence-corrected chi connectivity index (χ4v) is 11.1. The summed E-state index contributed by atoms with van der Waals surface area (Å²) in [5, 5.41) is 25.2. The van der Waals surface area contributed by atoms with Crippen molar-refractivity contribution in [3.63, 3.8) is 0 Å². The van der Waals surface area contributed by atoms with Gasteiger partial charge in [-0.3, -0.25) is 24.5 Å². The number of aliphatic hydroxyl groups is 1. The number of anilines is 3. The molecule has 54 heavy (non-hydrogen) atoms. The monoisotopic (exact) mass is 751 g/mol. The van der Waals surface area contributed by atoms with Crippen molar-refractivity contribution < 1.29 is 33.3 Å².